The summed E-state index contributed by atoms with van der Waals surface area (Å²) in [6, 6.07) is 4.40. The Kier molecular flexibility index (Phi) is 3.36. The molecule has 1 atom stereocenters. The zero-order valence-corrected chi connectivity index (χ0v) is 9.80. The molecule has 1 saturated heterocycles. The molecule has 0 bridgehead atoms. The van der Waals surface area contributed by atoms with Crippen molar-refractivity contribution in [2.45, 2.75) is 18.9 Å². The summed E-state index contributed by atoms with van der Waals surface area (Å²) in [5.74, 6) is -0.113. The number of aromatic hydroxyl groups is 1. The molecular formula is C12H13NO5. The van der Waals surface area contributed by atoms with Gasteiger partial charge < -0.3 is 19.9 Å². The lowest BCUT2D eigenvalue weighted by Crippen LogP contribution is -2.29. The smallest absolute Gasteiger partial charge is 0.415 e. The summed E-state index contributed by atoms with van der Waals surface area (Å²) < 4.78 is 9.29. The lowest BCUT2D eigenvalue weighted by molar-refractivity contribution is -0.135. The van der Waals surface area contributed by atoms with Crippen molar-refractivity contribution in [3.05, 3.63) is 23.8 Å². The number of hydrogen-bond acceptors (Lipinski definition) is 5. The van der Waals surface area contributed by atoms with Gasteiger partial charge in [0, 0.05) is 0 Å². The Balaban J connectivity index is 1.96. The Morgan fingerprint density at radius 3 is 2.78 bits per heavy atom. The van der Waals surface area contributed by atoms with Gasteiger partial charge in [-0.25, -0.2) is 9.59 Å². The van der Waals surface area contributed by atoms with Gasteiger partial charge in [-0.05, 0) is 30.5 Å². The molecule has 96 valence electrons. The van der Waals surface area contributed by atoms with Gasteiger partial charge in [0.1, 0.15) is 6.04 Å². The van der Waals surface area contributed by atoms with Crippen molar-refractivity contribution in [3.8, 4) is 11.5 Å². The second-order valence-corrected chi connectivity index (χ2v) is 3.95. The van der Waals surface area contributed by atoms with Gasteiger partial charge >= 0.3 is 12.1 Å². The van der Waals surface area contributed by atoms with Crippen LogP contribution in [-0.2, 0) is 16.0 Å². The van der Waals surface area contributed by atoms with Crippen LogP contribution in [0.25, 0.3) is 0 Å². The SMILES string of the molecule is COc1ccc(CCC2NC(=O)OC2=O)cc1O. The van der Waals surface area contributed by atoms with E-state index in [1.807, 2.05) is 0 Å². The van der Waals surface area contributed by atoms with Crippen LogP contribution in [0.4, 0.5) is 4.79 Å². The van der Waals surface area contributed by atoms with E-state index in [9.17, 15) is 14.7 Å². The number of aryl methyl sites for hydroxylation is 1. The number of rotatable bonds is 4. The number of amides is 1. The first-order valence-corrected chi connectivity index (χ1v) is 5.48. The van der Waals surface area contributed by atoms with Gasteiger partial charge in [-0.2, -0.15) is 0 Å². The summed E-state index contributed by atoms with van der Waals surface area (Å²) in [4.78, 5) is 22.0. The fraction of sp³-hybridized carbons (Fsp3) is 0.333. The van der Waals surface area contributed by atoms with Crippen LogP contribution in [0.15, 0.2) is 18.2 Å². The van der Waals surface area contributed by atoms with Gasteiger partial charge in [0.2, 0.25) is 0 Å². The van der Waals surface area contributed by atoms with Crippen molar-refractivity contribution in [1.29, 1.82) is 0 Å². The molecule has 1 aromatic carbocycles. The number of hydrogen-bond donors (Lipinski definition) is 2. The maximum atomic E-state index is 11.2. The number of carbonyl (C=O) groups is 2. The van der Waals surface area contributed by atoms with Crippen LogP contribution in [0.1, 0.15) is 12.0 Å². The predicted molar refractivity (Wildman–Crippen MR) is 61.4 cm³/mol. The fourth-order valence-electron chi connectivity index (χ4n) is 1.79. The molecule has 1 aliphatic rings. The minimum atomic E-state index is -0.706. The Labute approximate surface area is 104 Å². The summed E-state index contributed by atoms with van der Waals surface area (Å²) in [6.07, 6.45) is 0.260. The maximum absolute atomic E-state index is 11.2. The molecule has 6 heteroatoms. The molecule has 1 unspecified atom stereocenters. The predicted octanol–water partition coefficient (Wildman–Crippen LogP) is 0.968. The van der Waals surface area contributed by atoms with E-state index in [-0.39, 0.29) is 5.75 Å². The largest absolute Gasteiger partial charge is 0.504 e. The molecule has 1 fully saturated rings. The van der Waals surface area contributed by atoms with Gasteiger partial charge in [0.25, 0.3) is 0 Å². The summed E-state index contributed by atoms with van der Waals surface area (Å²) in [7, 11) is 1.47. The van der Waals surface area contributed by atoms with Crippen LogP contribution in [-0.4, -0.2) is 30.3 Å². The van der Waals surface area contributed by atoms with Crippen molar-refractivity contribution in [3.63, 3.8) is 0 Å². The molecule has 1 aromatic rings. The topological polar surface area (TPSA) is 84.9 Å². The third kappa shape index (κ3) is 2.53. The summed E-state index contributed by atoms with van der Waals surface area (Å²) in [5, 5.41) is 12.0. The molecule has 1 amide bonds. The number of phenolic OH excluding ortho intramolecular Hbond substituents is 1. The van der Waals surface area contributed by atoms with E-state index in [2.05, 4.69) is 10.1 Å². The number of phenols is 1. The highest BCUT2D eigenvalue weighted by Gasteiger charge is 2.31. The van der Waals surface area contributed by atoms with Crippen LogP contribution >= 0.6 is 0 Å². The minimum absolute atomic E-state index is 0.0491. The number of methoxy groups -OCH3 is 1. The van der Waals surface area contributed by atoms with Crippen molar-refractivity contribution in [2.24, 2.45) is 0 Å². The number of esters is 1. The number of benzene rings is 1. The molecule has 2 N–H and O–H groups in total. The number of alkyl carbamates (subject to hydrolysis) is 1. The number of carbonyl (C=O) groups excluding carboxylic acids is 2. The highest BCUT2D eigenvalue weighted by molar-refractivity contribution is 5.95. The number of cyclic esters (lactones) is 2. The van der Waals surface area contributed by atoms with Crippen LogP contribution < -0.4 is 10.1 Å². The van der Waals surface area contributed by atoms with Crippen molar-refractivity contribution in [2.75, 3.05) is 7.11 Å². The molecule has 0 aliphatic carbocycles. The lowest BCUT2D eigenvalue weighted by Gasteiger charge is -2.08. The Hall–Kier alpha value is -2.24. The van der Waals surface area contributed by atoms with E-state index >= 15 is 0 Å². The van der Waals surface area contributed by atoms with Crippen LogP contribution in [0.5, 0.6) is 11.5 Å². The zero-order chi connectivity index (χ0) is 13.1. The van der Waals surface area contributed by atoms with E-state index in [0.717, 1.165) is 5.56 Å². The summed E-state index contributed by atoms with van der Waals surface area (Å²) in [6.45, 7) is 0. The molecule has 18 heavy (non-hydrogen) atoms. The maximum Gasteiger partial charge on any atom is 0.415 e. The van der Waals surface area contributed by atoms with Gasteiger partial charge in [0.15, 0.2) is 11.5 Å². The highest BCUT2D eigenvalue weighted by Crippen LogP contribution is 2.26. The van der Waals surface area contributed by atoms with Crippen LogP contribution in [0.3, 0.4) is 0 Å². The average Bonchev–Trinajstić information content (AvgIpc) is 2.65. The first-order chi connectivity index (χ1) is 8.60. The first kappa shape index (κ1) is 12.2. The van der Waals surface area contributed by atoms with Gasteiger partial charge in [-0.1, -0.05) is 6.07 Å². The quantitative estimate of drug-likeness (QED) is 0.615. The molecule has 6 nitrogen and oxygen atoms in total. The molecular weight excluding hydrogens is 238 g/mol. The third-order valence-corrected chi connectivity index (χ3v) is 2.73. The third-order valence-electron chi connectivity index (χ3n) is 2.73. The second-order valence-electron chi connectivity index (χ2n) is 3.95. The molecule has 1 aliphatic heterocycles. The van der Waals surface area contributed by atoms with Crippen molar-refractivity contribution in [1.82, 2.24) is 5.32 Å². The van der Waals surface area contributed by atoms with Gasteiger partial charge in [-0.15, -0.1) is 0 Å². The van der Waals surface area contributed by atoms with Crippen molar-refractivity contribution < 1.29 is 24.2 Å². The average molecular weight is 251 g/mol. The molecule has 0 radical (unpaired) electrons. The second kappa shape index (κ2) is 4.95. The fourth-order valence-corrected chi connectivity index (χ4v) is 1.79. The minimum Gasteiger partial charge on any atom is -0.504 e. The van der Waals surface area contributed by atoms with Crippen molar-refractivity contribution >= 4 is 12.1 Å². The standard InChI is InChI=1S/C12H13NO5/c1-17-10-5-3-7(6-9(10)14)2-4-8-11(15)18-12(16)13-8/h3,5-6,8,14H,2,4H2,1H3,(H,13,16). The molecule has 2 rings (SSSR count). The number of nitrogens with one attached hydrogen (secondary N) is 1. The Morgan fingerprint density at radius 2 is 2.22 bits per heavy atom. The molecule has 0 aromatic heterocycles. The molecule has 0 spiro atoms. The van der Waals surface area contributed by atoms with Crippen LogP contribution in [0, 0.1) is 0 Å². The van der Waals surface area contributed by atoms with E-state index < -0.39 is 18.1 Å². The highest BCUT2D eigenvalue weighted by atomic mass is 16.6. The molecule has 1 heterocycles. The molecule has 0 saturated carbocycles. The Bertz CT molecular complexity index is 485. The zero-order valence-electron chi connectivity index (χ0n) is 9.80. The van der Waals surface area contributed by atoms with E-state index in [4.69, 9.17) is 4.74 Å². The van der Waals surface area contributed by atoms with Crippen LogP contribution in [0.2, 0.25) is 0 Å². The van der Waals surface area contributed by atoms with Gasteiger partial charge in [0.05, 0.1) is 7.11 Å². The summed E-state index contributed by atoms with van der Waals surface area (Å²) in [5.41, 5.74) is 0.849. The summed E-state index contributed by atoms with van der Waals surface area (Å²) >= 11 is 0. The number of ether oxygens (including phenoxy) is 2. The van der Waals surface area contributed by atoms with E-state index in [1.165, 1.54) is 7.11 Å². The first-order valence-electron chi connectivity index (χ1n) is 5.48. The van der Waals surface area contributed by atoms with Gasteiger partial charge in [-0.3, -0.25) is 0 Å². The normalized spacial score (nSPS) is 18.4. The van der Waals surface area contributed by atoms with E-state index in [1.54, 1.807) is 18.2 Å². The lowest BCUT2D eigenvalue weighted by atomic mass is 10.1. The monoisotopic (exact) mass is 251 g/mol. The Morgan fingerprint density at radius 1 is 1.44 bits per heavy atom. The van der Waals surface area contributed by atoms with E-state index in [0.29, 0.717) is 18.6 Å².